The van der Waals surface area contributed by atoms with Gasteiger partial charge in [-0.25, -0.2) is 8.42 Å². The van der Waals surface area contributed by atoms with Gasteiger partial charge in [-0.05, 0) is 62.7 Å². The third-order valence-corrected chi connectivity index (χ3v) is 6.40. The summed E-state index contributed by atoms with van der Waals surface area (Å²) in [5.74, 6) is 0.493. The van der Waals surface area contributed by atoms with Gasteiger partial charge in [-0.3, -0.25) is 9.52 Å². The van der Waals surface area contributed by atoms with Crippen molar-refractivity contribution in [1.82, 2.24) is 5.32 Å². The summed E-state index contributed by atoms with van der Waals surface area (Å²) in [5, 5.41) is 2.75. The molecule has 0 heterocycles. The second-order valence-corrected chi connectivity index (χ2v) is 9.36. The smallest absolute Gasteiger partial charge is 0.265 e. The van der Waals surface area contributed by atoms with Crippen LogP contribution >= 0.6 is 0 Å². The third-order valence-electron chi connectivity index (χ3n) is 4.99. The fourth-order valence-electron chi connectivity index (χ4n) is 3.25. The summed E-state index contributed by atoms with van der Waals surface area (Å²) in [6.45, 7) is 6.44. The molecule has 0 fully saturated rings. The van der Waals surface area contributed by atoms with Crippen LogP contribution in [0, 0.1) is 20.8 Å². The van der Waals surface area contributed by atoms with Gasteiger partial charge in [0.1, 0.15) is 23.0 Å². The lowest BCUT2D eigenvalue weighted by Gasteiger charge is -2.14. The second-order valence-electron chi connectivity index (χ2n) is 7.71. The summed E-state index contributed by atoms with van der Waals surface area (Å²) in [6.07, 6.45) is 0. The van der Waals surface area contributed by atoms with Crippen LogP contribution in [-0.2, 0) is 10.0 Å². The lowest BCUT2D eigenvalue weighted by Crippen LogP contribution is -2.28. The topological polar surface area (TPSA) is 93.7 Å². The lowest BCUT2D eigenvalue weighted by atomic mass is 10.1. The first-order chi connectivity index (χ1) is 15.7. The molecule has 0 aliphatic rings. The largest absolute Gasteiger partial charge is 0.495 e. The molecular formula is C25H28N2O5S. The molecule has 0 bridgehead atoms. The molecule has 0 radical (unpaired) electrons. The van der Waals surface area contributed by atoms with Gasteiger partial charge >= 0.3 is 0 Å². The minimum absolute atomic E-state index is 0.121. The fourth-order valence-corrected chi connectivity index (χ4v) is 4.50. The highest BCUT2D eigenvalue weighted by Gasteiger charge is 2.22. The van der Waals surface area contributed by atoms with Crippen molar-refractivity contribution in [3.05, 3.63) is 82.9 Å². The molecule has 0 spiro atoms. The molecule has 0 saturated heterocycles. The first kappa shape index (κ1) is 24.1. The van der Waals surface area contributed by atoms with Crippen LogP contribution in [0.25, 0.3) is 0 Å². The zero-order valence-electron chi connectivity index (χ0n) is 19.1. The van der Waals surface area contributed by atoms with E-state index in [1.54, 1.807) is 24.3 Å². The van der Waals surface area contributed by atoms with E-state index in [-0.39, 0.29) is 29.4 Å². The Labute approximate surface area is 194 Å². The Hall–Kier alpha value is -3.52. The minimum atomic E-state index is -3.97. The van der Waals surface area contributed by atoms with E-state index < -0.39 is 15.9 Å². The molecule has 2 N–H and O–H groups in total. The summed E-state index contributed by atoms with van der Waals surface area (Å²) >= 11 is 0. The highest BCUT2D eigenvalue weighted by atomic mass is 32.2. The number of hydrogen-bond acceptors (Lipinski definition) is 5. The second kappa shape index (κ2) is 10.4. The van der Waals surface area contributed by atoms with Crippen LogP contribution in [0.4, 0.5) is 5.69 Å². The minimum Gasteiger partial charge on any atom is -0.495 e. The van der Waals surface area contributed by atoms with Crippen LogP contribution in [0.5, 0.6) is 11.5 Å². The van der Waals surface area contributed by atoms with E-state index in [4.69, 9.17) is 9.47 Å². The molecule has 0 unspecified atom stereocenters. The highest BCUT2D eigenvalue weighted by molar-refractivity contribution is 7.92. The first-order valence-electron chi connectivity index (χ1n) is 10.5. The van der Waals surface area contributed by atoms with Crippen molar-refractivity contribution < 1.29 is 22.7 Å². The van der Waals surface area contributed by atoms with E-state index in [1.165, 1.54) is 25.3 Å². The van der Waals surface area contributed by atoms with Gasteiger partial charge in [-0.15, -0.1) is 0 Å². The normalized spacial score (nSPS) is 11.0. The molecule has 0 aromatic heterocycles. The Morgan fingerprint density at radius 1 is 0.879 bits per heavy atom. The SMILES string of the molecule is COc1ccc(C(=O)NCCOc2ccc(C)cc2C)cc1S(=O)(=O)Nc1ccc(C)cc1. The summed E-state index contributed by atoms with van der Waals surface area (Å²) in [5.41, 5.74) is 3.80. The molecule has 1 amide bonds. The average Bonchev–Trinajstić information content (AvgIpc) is 2.78. The number of rotatable bonds is 9. The van der Waals surface area contributed by atoms with E-state index in [9.17, 15) is 13.2 Å². The number of carbonyl (C=O) groups is 1. The van der Waals surface area contributed by atoms with Gasteiger partial charge in [-0.1, -0.05) is 35.4 Å². The van der Waals surface area contributed by atoms with Crippen LogP contribution < -0.4 is 19.5 Å². The molecule has 0 aliphatic heterocycles. The van der Waals surface area contributed by atoms with Gasteiger partial charge in [-0.2, -0.15) is 0 Å². The van der Waals surface area contributed by atoms with Gasteiger partial charge in [0.2, 0.25) is 0 Å². The van der Waals surface area contributed by atoms with E-state index in [2.05, 4.69) is 10.0 Å². The molecule has 3 aromatic carbocycles. The Kier molecular flexibility index (Phi) is 7.60. The summed E-state index contributed by atoms with van der Waals surface area (Å²) < 4.78 is 39.4. The van der Waals surface area contributed by atoms with Crippen molar-refractivity contribution in [3.63, 3.8) is 0 Å². The predicted molar refractivity (Wildman–Crippen MR) is 129 cm³/mol. The standard InChI is InChI=1S/C25H28N2O5S/c1-17-5-9-21(10-6-17)27-33(29,30)24-16-20(8-12-23(24)31-4)25(28)26-13-14-32-22-11-7-18(2)15-19(22)3/h5-12,15-16,27H,13-14H2,1-4H3,(H,26,28). The number of anilines is 1. The number of benzene rings is 3. The van der Waals surface area contributed by atoms with E-state index in [1.807, 2.05) is 39.0 Å². The van der Waals surface area contributed by atoms with Crippen molar-refractivity contribution >= 4 is 21.6 Å². The number of amides is 1. The fraction of sp³-hybridized carbons (Fsp3) is 0.240. The average molecular weight is 469 g/mol. The number of sulfonamides is 1. The van der Waals surface area contributed by atoms with E-state index >= 15 is 0 Å². The summed E-state index contributed by atoms with van der Waals surface area (Å²) in [4.78, 5) is 12.5. The number of methoxy groups -OCH3 is 1. The summed E-state index contributed by atoms with van der Waals surface area (Å²) in [7, 11) is -2.59. The highest BCUT2D eigenvalue weighted by Crippen LogP contribution is 2.27. The molecule has 8 heteroatoms. The summed E-state index contributed by atoms with van der Waals surface area (Å²) in [6, 6.07) is 17.1. The van der Waals surface area contributed by atoms with Gasteiger partial charge in [0.15, 0.2) is 0 Å². The Bertz CT molecular complexity index is 1240. The van der Waals surface area contributed by atoms with Gasteiger partial charge in [0, 0.05) is 11.3 Å². The molecule has 3 aromatic rings. The molecule has 7 nitrogen and oxygen atoms in total. The van der Waals surface area contributed by atoms with Crippen molar-refractivity contribution in [3.8, 4) is 11.5 Å². The Balaban J connectivity index is 1.68. The molecule has 0 aliphatic carbocycles. The van der Waals surface area contributed by atoms with Crippen LogP contribution in [-0.4, -0.2) is 34.6 Å². The van der Waals surface area contributed by atoms with Crippen LogP contribution in [0.15, 0.2) is 65.6 Å². The quantitative estimate of drug-likeness (QED) is 0.459. The van der Waals surface area contributed by atoms with Crippen LogP contribution in [0.2, 0.25) is 0 Å². The predicted octanol–water partition coefficient (Wildman–Crippen LogP) is 4.23. The zero-order chi connectivity index (χ0) is 24.0. The van der Waals surface area contributed by atoms with Crippen LogP contribution in [0.1, 0.15) is 27.0 Å². The van der Waals surface area contributed by atoms with Crippen molar-refractivity contribution in [1.29, 1.82) is 0 Å². The number of hydrogen-bond donors (Lipinski definition) is 2. The molecular weight excluding hydrogens is 440 g/mol. The number of carbonyl (C=O) groups excluding carboxylic acids is 1. The Morgan fingerprint density at radius 2 is 1.55 bits per heavy atom. The number of ether oxygens (including phenoxy) is 2. The maximum atomic E-state index is 13.0. The molecule has 33 heavy (non-hydrogen) atoms. The van der Waals surface area contributed by atoms with Gasteiger partial charge in [0.25, 0.3) is 15.9 Å². The van der Waals surface area contributed by atoms with Crippen molar-refractivity contribution in [2.45, 2.75) is 25.7 Å². The third kappa shape index (κ3) is 6.26. The van der Waals surface area contributed by atoms with E-state index in [0.29, 0.717) is 5.69 Å². The monoisotopic (exact) mass is 468 g/mol. The van der Waals surface area contributed by atoms with Crippen LogP contribution in [0.3, 0.4) is 0 Å². The number of aryl methyl sites for hydroxylation is 3. The van der Waals surface area contributed by atoms with Gasteiger partial charge in [0.05, 0.1) is 13.7 Å². The first-order valence-corrected chi connectivity index (χ1v) is 11.9. The van der Waals surface area contributed by atoms with Gasteiger partial charge < -0.3 is 14.8 Å². The Morgan fingerprint density at radius 3 is 2.21 bits per heavy atom. The lowest BCUT2D eigenvalue weighted by molar-refractivity contribution is 0.0946. The molecule has 3 rings (SSSR count). The van der Waals surface area contributed by atoms with Crippen molar-refractivity contribution in [2.75, 3.05) is 25.0 Å². The molecule has 0 atom stereocenters. The van der Waals surface area contributed by atoms with E-state index in [0.717, 1.165) is 22.4 Å². The maximum absolute atomic E-state index is 13.0. The number of nitrogens with one attached hydrogen (secondary N) is 2. The maximum Gasteiger partial charge on any atom is 0.265 e. The zero-order valence-corrected chi connectivity index (χ0v) is 20.0. The molecule has 174 valence electrons. The van der Waals surface area contributed by atoms with Crippen molar-refractivity contribution in [2.24, 2.45) is 0 Å². The molecule has 0 saturated carbocycles.